The van der Waals surface area contributed by atoms with Crippen LogP contribution in [0, 0.1) is 0 Å². The second kappa shape index (κ2) is 10.2. The first kappa shape index (κ1) is 23.6. The van der Waals surface area contributed by atoms with Crippen LogP contribution in [-0.4, -0.2) is 25.2 Å². The third-order valence-corrected chi connectivity index (χ3v) is 7.73. The highest BCUT2D eigenvalue weighted by Gasteiger charge is 2.38. The Morgan fingerprint density at radius 2 is 1.47 bits per heavy atom. The molecule has 36 heavy (non-hydrogen) atoms. The van der Waals surface area contributed by atoms with Gasteiger partial charge in [0.2, 0.25) is 10.0 Å². The van der Waals surface area contributed by atoms with E-state index in [4.69, 9.17) is 4.74 Å². The number of anilines is 2. The van der Waals surface area contributed by atoms with Crippen LogP contribution >= 0.6 is 0 Å². The van der Waals surface area contributed by atoms with Crippen molar-refractivity contribution in [3.63, 3.8) is 0 Å². The average Bonchev–Trinajstić information content (AvgIpc) is 2.91. The Labute approximate surface area is 210 Å². The molecule has 1 aliphatic heterocycles. The van der Waals surface area contributed by atoms with Crippen LogP contribution < -0.4 is 15.4 Å². The largest absolute Gasteiger partial charge is 0.484 e. The van der Waals surface area contributed by atoms with Gasteiger partial charge in [-0.25, -0.2) is 8.42 Å². The topological polar surface area (TPSA) is 87.7 Å². The molecular formula is C28H25N3O4S. The first-order valence-electron chi connectivity index (χ1n) is 11.5. The molecule has 0 saturated heterocycles. The summed E-state index contributed by atoms with van der Waals surface area (Å²) in [6.07, 6.45) is -0.611. The van der Waals surface area contributed by atoms with Crippen molar-refractivity contribution in [2.75, 3.05) is 17.2 Å². The zero-order valence-electron chi connectivity index (χ0n) is 19.4. The SMILES string of the molecule is O=C(COc1ccc(C2Nc3ccccc3S(=O)(=O)N2Cc2ccccc2)cc1)Nc1ccccc1. The molecule has 0 aromatic heterocycles. The number of hydrogen-bond acceptors (Lipinski definition) is 5. The van der Waals surface area contributed by atoms with Crippen LogP contribution in [0.1, 0.15) is 17.3 Å². The minimum absolute atomic E-state index is 0.141. The summed E-state index contributed by atoms with van der Waals surface area (Å²) in [4.78, 5) is 12.4. The molecule has 4 aromatic carbocycles. The van der Waals surface area contributed by atoms with Crippen LogP contribution in [0.2, 0.25) is 0 Å². The van der Waals surface area contributed by atoms with Crippen molar-refractivity contribution in [1.29, 1.82) is 0 Å². The van der Waals surface area contributed by atoms with Crippen LogP contribution in [0.3, 0.4) is 0 Å². The third kappa shape index (κ3) is 5.10. The van der Waals surface area contributed by atoms with E-state index in [1.165, 1.54) is 4.31 Å². The number of fused-ring (bicyclic) bond motifs is 1. The molecule has 0 aliphatic carbocycles. The monoisotopic (exact) mass is 499 g/mol. The van der Waals surface area contributed by atoms with Crippen molar-refractivity contribution >= 4 is 27.3 Å². The molecule has 1 atom stereocenters. The van der Waals surface area contributed by atoms with Crippen molar-refractivity contribution in [3.05, 3.63) is 120 Å². The lowest BCUT2D eigenvalue weighted by Crippen LogP contribution is -2.42. The molecule has 0 spiro atoms. The number of carbonyl (C=O) groups excluding carboxylic acids is 1. The predicted molar refractivity (Wildman–Crippen MR) is 139 cm³/mol. The average molecular weight is 500 g/mol. The number of nitrogens with one attached hydrogen (secondary N) is 2. The lowest BCUT2D eigenvalue weighted by Gasteiger charge is -2.37. The Morgan fingerprint density at radius 1 is 0.833 bits per heavy atom. The molecule has 0 bridgehead atoms. The molecular weight excluding hydrogens is 474 g/mol. The molecule has 7 nitrogen and oxygen atoms in total. The fraction of sp³-hybridized carbons (Fsp3) is 0.107. The zero-order valence-corrected chi connectivity index (χ0v) is 20.2. The number of hydrogen-bond donors (Lipinski definition) is 2. The van der Waals surface area contributed by atoms with E-state index in [1.807, 2.05) is 66.7 Å². The number of carbonyl (C=O) groups is 1. The van der Waals surface area contributed by atoms with Crippen molar-refractivity contribution in [3.8, 4) is 5.75 Å². The van der Waals surface area contributed by atoms with Crippen molar-refractivity contribution < 1.29 is 17.9 Å². The van der Waals surface area contributed by atoms with Crippen LogP contribution in [0.25, 0.3) is 0 Å². The summed E-state index contributed by atoms with van der Waals surface area (Å²) in [6, 6.07) is 32.7. The van der Waals surface area contributed by atoms with Crippen molar-refractivity contribution in [2.45, 2.75) is 17.6 Å². The van der Waals surface area contributed by atoms with Crippen LogP contribution in [0.5, 0.6) is 5.75 Å². The first-order chi connectivity index (χ1) is 17.5. The van der Waals surface area contributed by atoms with Gasteiger partial charge in [-0.3, -0.25) is 4.79 Å². The van der Waals surface area contributed by atoms with Gasteiger partial charge in [-0.05, 0) is 47.5 Å². The number of rotatable bonds is 7. The Bertz CT molecular complexity index is 1440. The van der Waals surface area contributed by atoms with Gasteiger partial charge in [-0.2, -0.15) is 4.31 Å². The summed E-state index contributed by atoms with van der Waals surface area (Å²) >= 11 is 0. The van der Waals surface area contributed by atoms with Crippen molar-refractivity contribution in [1.82, 2.24) is 4.31 Å². The van der Waals surface area contributed by atoms with Gasteiger partial charge >= 0.3 is 0 Å². The summed E-state index contributed by atoms with van der Waals surface area (Å²) in [5, 5.41) is 6.15. The maximum absolute atomic E-state index is 13.6. The summed E-state index contributed by atoms with van der Waals surface area (Å²) in [6.45, 7) is 0.0743. The van der Waals surface area contributed by atoms with Crippen LogP contribution in [0.4, 0.5) is 11.4 Å². The van der Waals surface area contributed by atoms with Gasteiger partial charge < -0.3 is 15.4 Å². The van der Waals surface area contributed by atoms with E-state index >= 15 is 0 Å². The van der Waals surface area contributed by atoms with Crippen LogP contribution in [-0.2, 0) is 21.4 Å². The molecule has 1 aliphatic rings. The molecule has 1 heterocycles. The highest BCUT2D eigenvalue weighted by Crippen LogP contribution is 2.39. The molecule has 1 unspecified atom stereocenters. The second-order valence-corrected chi connectivity index (χ2v) is 10.2. The molecule has 1 amide bonds. The standard InChI is InChI=1S/C28H25N3O4S/c32-27(29-23-11-5-2-6-12-23)20-35-24-17-15-22(16-18-24)28-30-25-13-7-8-14-26(25)36(33,34)31(28)19-21-9-3-1-4-10-21/h1-18,28,30H,19-20H2,(H,29,32). The summed E-state index contributed by atoms with van der Waals surface area (Å²) < 4.78 is 34.3. The lowest BCUT2D eigenvalue weighted by molar-refractivity contribution is -0.118. The summed E-state index contributed by atoms with van der Waals surface area (Å²) in [5.41, 5.74) is 2.90. The molecule has 8 heteroatoms. The maximum atomic E-state index is 13.6. The molecule has 182 valence electrons. The van der Waals surface area contributed by atoms with E-state index in [0.29, 0.717) is 17.1 Å². The highest BCUT2D eigenvalue weighted by molar-refractivity contribution is 7.89. The minimum Gasteiger partial charge on any atom is -0.484 e. The fourth-order valence-corrected chi connectivity index (χ4v) is 5.78. The number of para-hydroxylation sites is 2. The molecule has 0 fully saturated rings. The number of ether oxygens (including phenoxy) is 1. The Morgan fingerprint density at radius 3 is 2.19 bits per heavy atom. The number of sulfonamides is 1. The summed E-state index contributed by atoms with van der Waals surface area (Å²) in [5.74, 6) is 0.242. The fourth-order valence-electron chi connectivity index (χ4n) is 4.10. The normalized spacial score (nSPS) is 16.4. The molecule has 2 N–H and O–H groups in total. The van der Waals surface area contributed by atoms with E-state index in [2.05, 4.69) is 10.6 Å². The number of nitrogens with zero attached hydrogens (tertiary/aromatic N) is 1. The molecule has 4 aromatic rings. The van der Waals surface area contributed by atoms with Gasteiger partial charge in [0.25, 0.3) is 5.91 Å². The van der Waals surface area contributed by atoms with Gasteiger partial charge in [0.1, 0.15) is 16.8 Å². The quantitative estimate of drug-likeness (QED) is 0.373. The van der Waals surface area contributed by atoms with E-state index in [0.717, 1.165) is 11.1 Å². The van der Waals surface area contributed by atoms with Crippen molar-refractivity contribution in [2.24, 2.45) is 0 Å². The van der Waals surface area contributed by atoms with E-state index in [9.17, 15) is 13.2 Å². The van der Waals surface area contributed by atoms with E-state index in [1.54, 1.807) is 42.5 Å². The van der Waals surface area contributed by atoms with E-state index in [-0.39, 0.29) is 24.0 Å². The molecule has 0 radical (unpaired) electrons. The Hall–Kier alpha value is -4.14. The Kier molecular flexibility index (Phi) is 6.71. The van der Waals surface area contributed by atoms with Gasteiger partial charge in [0.15, 0.2) is 6.61 Å². The Balaban J connectivity index is 1.35. The first-order valence-corrected chi connectivity index (χ1v) is 12.9. The van der Waals surface area contributed by atoms with Crippen LogP contribution in [0.15, 0.2) is 114 Å². The highest BCUT2D eigenvalue weighted by atomic mass is 32.2. The summed E-state index contributed by atoms with van der Waals surface area (Å²) in [7, 11) is -3.75. The smallest absolute Gasteiger partial charge is 0.262 e. The third-order valence-electron chi connectivity index (χ3n) is 5.86. The second-order valence-electron chi connectivity index (χ2n) is 8.35. The number of amides is 1. The lowest BCUT2D eigenvalue weighted by atomic mass is 10.1. The minimum atomic E-state index is -3.75. The predicted octanol–water partition coefficient (Wildman–Crippen LogP) is 5.02. The molecule has 0 saturated carbocycles. The molecule has 5 rings (SSSR count). The number of benzene rings is 4. The van der Waals surface area contributed by atoms with Gasteiger partial charge in [-0.15, -0.1) is 0 Å². The maximum Gasteiger partial charge on any atom is 0.262 e. The van der Waals surface area contributed by atoms with Gasteiger partial charge in [0, 0.05) is 12.2 Å². The van der Waals surface area contributed by atoms with Gasteiger partial charge in [0.05, 0.1) is 5.69 Å². The zero-order chi connectivity index (χ0) is 25.0. The van der Waals surface area contributed by atoms with E-state index < -0.39 is 16.2 Å². The van der Waals surface area contributed by atoms with Gasteiger partial charge in [-0.1, -0.05) is 72.8 Å².